The molecule has 3 N–H and O–H groups in total. The number of nitrogen functional groups attached to an aromatic ring is 1. The van der Waals surface area contributed by atoms with Crippen LogP contribution in [-0.4, -0.2) is 24.0 Å². The highest BCUT2D eigenvalue weighted by atomic mass is 32.2. The van der Waals surface area contributed by atoms with Gasteiger partial charge in [0.25, 0.3) is 5.91 Å². The minimum atomic E-state index is -0.0239. The van der Waals surface area contributed by atoms with Crippen molar-refractivity contribution in [2.45, 2.75) is 6.42 Å². The van der Waals surface area contributed by atoms with Gasteiger partial charge < -0.3 is 11.1 Å². The predicted octanol–water partition coefficient (Wildman–Crippen LogP) is 1.75. The molecule has 1 fully saturated rings. The lowest BCUT2D eigenvalue weighted by Gasteiger charge is -2.10. The van der Waals surface area contributed by atoms with Crippen LogP contribution in [0, 0.1) is 5.92 Å². The molecule has 16 heavy (non-hydrogen) atoms. The molecule has 0 aromatic heterocycles. The van der Waals surface area contributed by atoms with Crippen LogP contribution >= 0.6 is 11.8 Å². The summed E-state index contributed by atoms with van der Waals surface area (Å²) in [4.78, 5) is 11.8. The van der Waals surface area contributed by atoms with Gasteiger partial charge in [0.1, 0.15) is 0 Å². The van der Waals surface area contributed by atoms with Crippen molar-refractivity contribution in [2.75, 3.05) is 23.8 Å². The van der Waals surface area contributed by atoms with Gasteiger partial charge in [0.05, 0.1) is 0 Å². The number of carbonyl (C=O) groups excluding carboxylic acids is 1. The van der Waals surface area contributed by atoms with Gasteiger partial charge in [-0.2, -0.15) is 11.8 Å². The molecule has 0 aliphatic carbocycles. The molecule has 2 rings (SSSR count). The first-order valence-electron chi connectivity index (χ1n) is 5.47. The first-order chi connectivity index (χ1) is 7.75. The van der Waals surface area contributed by atoms with Crippen LogP contribution in [0.3, 0.4) is 0 Å². The second-order valence-electron chi connectivity index (χ2n) is 4.07. The average Bonchev–Trinajstić information content (AvgIpc) is 2.78. The third-order valence-electron chi connectivity index (χ3n) is 2.72. The summed E-state index contributed by atoms with van der Waals surface area (Å²) in [6, 6.07) is 7.08. The van der Waals surface area contributed by atoms with Gasteiger partial charge in [-0.1, -0.05) is 6.07 Å². The van der Waals surface area contributed by atoms with Crippen molar-refractivity contribution in [1.29, 1.82) is 0 Å². The molecule has 1 aliphatic heterocycles. The summed E-state index contributed by atoms with van der Waals surface area (Å²) in [5.41, 5.74) is 6.90. The molecule has 0 radical (unpaired) electrons. The molecule has 1 aromatic rings. The molecule has 1 aromatic carbocycles. The number of nitrogens with two attached hydrogens (primary N) is 1. The monoisotopic (exact) mass is 236 g/mol. The Kier molecular flexibility index (Phi) is 3.72. The lowest BCUT2D eigenvalue weighted by Crippen LogP contribution is -2.29. The number of amides is 1. The van der Waals surface area contributed by atoms with Crippen molar-refractivity contribution in [2.24, 2.45) is 5.92 Å². The third-order valence-corrected chi connectivity index (χ3v) is 3.96. The highest BCUT2D eigenvalue weighted by Crippen LogP contribution is 2.22. The fraction of sp³-hybridized carbons (Fsp3) is 0.417. The topological polar surface area (TPSA) is 55.1 Å². The minimum absolute atomic E-state index is 0.0239. The van der Waals surface area contributed by atoms with Crippen molar-refractivity contribution in [3.05, 3.63) is 29.8 Å². The average molecular weight is 236 g/mol. The number of nitrogens with one attached hydrogen (secondary N) is 1. The van der Waals surface area contributed by atoms with Gasteiger partial charge in [-0.25, -0.2) is 0 Å². The zero-order chi connectivity index (χ0) is 11.4. The molecule has 3 nitrogen and oxygen atoms in total. The Balaban J connectivity index is 1.87. The van der Waals surface area contributed by atoms with E-state index in [4.69, 9.17) is 5.73 Å². The van der Waals surface area contributed by atoms with E-state index in [-0.39, 0.29) is 5.91 Å². The summed E-state index contributed by atoms with van der Waals surface area (Å²) < 4.78 is 0. The number of rotatable bonds is 3. The Hall–Kier alpha value is -1.16. The van der Waals surface area contributed by atoms with Crippen LogP contribution in [-0.2, 0) is 0 Å². The molecule has 1 aliphatic rings. The summed E-state index contributed by atoms with van der Waals surface area (Å²) in [5, 5.41) is 2.96. The van der Waals surface area contributed by atoms with Crippen molar-refractivity contribution < 1.29 is 4.79 Å². The summed E-state index contributed by atoms with van der Waals surface area (Å²) >= 11 is 1.96. The standard InChI is InChI=1S/C12H16N2OS/c13-11-3-1-2-10(6-11)12(15)14-7-9-4-5-16-8-9/h1-3,6,9H,4-5,7-8,13H2,(H,14,15). The van der Waals surface area contributed by atoms with Crippen molar-refractivity contribution in [3.8, 4) is 0 Å². The normalized spacial score (nSPS) is 19.6. The second-order valence-corrected chi connectivity index (χ2v) is 5.21. The van der Waals surface area contributed by atoms with Gasteiger partial charge in [0.15, 0.2) is 0 Å². The summed E-state index contributed by atoms with van der Waals surface area (Å²) in [6.45, 7) is 0.778. The highest BCUT2D eigenvalue weighted by Gasteiger charge is 2.16. The fourth-order valence-electron chi connectivity index (χ4n) is 1.76. The smallest absolute Gasteiger partial charge is 0.251 e. The molecular formula is C12H16N2OS. The first-order valence-corrected chi connectivity index (χ1v) is 6.62. The molecule has 1 heterocycles. The lowest BCUT2D eigenvalue weighted by atomic mass is 10.1. The summed E-state index contributed by atoms with van der Waals surface area (Å²) in [7, 11) is 0. The van der Waals surface area contributed by atoms with Gasteiger partial charge in [-0.05, 0) is 42.0 Å². The number of carbonyl (C=O) groups is 1. The molecule has 1 unspecified atom stereocenters. The molecule has 86 valence electrons. The SMILES string of the molecule is Nc1cccc(C(=O)NCC2CCSC2)c1. The first kappa shape index (κ1) is 11.3. The minimum Gasteiger partial charge on any atom is -0.399 e. The van der Waals surface area contributed by atoms with E-state index in [1.807, 2.05) is 11.8 Å². The molecule has 1 saturated heterocycles. The number of anilines is 1. The molecular weight excluding hydrogens is 220 g/mol. The van der Waals surface area contributed by atoms with E-state index in [2.05, 4.69) is 5.32 Å². The Morgan fingerprint density at radius 1 is 1.56 bits per heavy atom. The quantitative estimate of drug-likeness (QED) is 0.786. The van der Waals surface area contributed by atoms with Crippen molar-refractivity contribution in [1.82, 2.24) is 5.32 Å². The van der Waals surface area contributed by atoms with E-state index in [0.717, 1.165) is 12.3 Å². The van der Waals surface area contributed by atoms with Crippen LogP contribution in [0.2, 0.25) is 0 Å². The van der Waals surface area contributed by atoms with Crippen LogP contribution in [0.5, 0.6) is 0 Å². The van der Waals surface area contributed by atoms with Gasteiger partial charge in [0, 0.05) is 17.8 Å². The van der Waals surface area contributed by atoms with Gasteiger partial charge in [0.2, 0.25) is 0 Å². The van der Waals surface area contributed by atoms with Crippen LogP contribution in [0.1, 0.15) is 16.8 Å². The molecule has 0 spiro atoms. The van der Waals surface area contributed by atoms with Crippen LogP contribution in [0.25, 0.3) is 0 Å². The Morgan fingerprint density at radius 2 is 2.44 bits per heavy atom. The maximum Gasteiger partial charge on any atom is 0.251 e. The largest absolute Gasteiger partial charge is 0.399 e. The second kappa shape index (κ2) is 5.25. The van der Waals surface area contributed by atoms with Gasteiger partial charge in [-0.15, -0.1) is 0 Å². The van der Waals surface area contributed by atoms with Gasteiger partial charge in [-0.3, -0.25) is 4.79 Å². The maximum absolute atomic E-state index is 11.8. The third kappa shape index (κ3) is 2.92. The molecule has 1 atom stereocenters. The fourth-order valence-corrected chi connectivity index (χ4v) is 3.05. The Bertz CT molecular complexity index is 375. The van der Waals surface area contributed by atoms with E-state index < -0.39 is 0 Å². The van der Waals surface area contributed by atoms with Crippen molar-refractivity contribution >= 4 is 23.4 Å². The predicted molar refractivity (Wildman–Crippen MR) is 68.6 cm³/mol. The van der Waals surface area contributed by atoms with E-state index in [0.29, 0.717) is 17.2 Å². The van der Waals surface area contributed by atoms with Crippen LogP contribution in [0.15, 0.2) is 24.3 Å². The van der Waals surface area contributed by atoms with Crippen LogP contribution in [0.4, 0.5) is 5.69 Å². The van der Waals surface area contributed by atoms with E-state index in [1.54, 1.807) is 24.3 Å². The zero-order valence-corrected chi connectivity index (χ0v) is 9.93. The van der Waals surface area contributed by atoms with E-state index in [1.165, 1.54) is 12.2 Å². The number of thioether (sulfide) groups is 1. The molecule has 0 bridgehead atoms. The maximum atomic E-state index is 11.8. The molecule has 4 heteroatoms. The van der Waals surface area contributed by atoms with Crippen LogP contribution < -0.4 is 11.1 Å². The zero-order valence-electron chi connectivity index (χ0n) is 9.11. The van der Waals surface area contributed by atoms with E-state index in [9.17, 15) is 4.79 Å². The number of hydrogen-bond donors (Lipinski definition) is 2. The Labute approximate surface area is 99.8 Å². The Morgan fingerprint density at radius 3 is 3.12 bits per heavy atom. The van der Waals surface area contributed by atoms with Gasteiger partial charge >= 0.3 is 0 Å². The molecule has 0 saturated carbocycles. The summed E-state index contributed by atoms with van der Waals surface area (Å²) in [5.74, 6) is 3.00. The lowest BCUT2D eigenvalue weighted by molar-refractivity contribution is 0.0948. The molecule has 1 amide bonds. The summed E-state index contributed by atoms with van der Waals surface area (Å²) in [6.07, 6.45) is 1.21. The van der Waals surface area contributed by atoms with Crippen molar-refractivity contribution in [3.63, 3.8) is 0 Å². The van der Waals surface area contributed by atoms with E-state index >= 15 is 0 Å². The number of hydrogen-bond acceptors (Lipinski definition) is 3. The highest BCUT2D eigenvalue weighted by molar-refractivity contribution is 7.99. The number of benzene rings is 1.